The van der Waals surface area contributed by atoms with Crippen LogP contribution >= 0.6 is 23.5 Å². The van der Waals surface area contributed by atoms with E-state index in [1.165, 1.54) is 6.42 Å². The number of thioether (sulfide) groups is 2. The molecule has 0 radical (unpaired) electrons. The molecule has 0 aliphatic carbocycles. The van der Waals surface area contributed by atoms with Gasteiger partial charge in [0.05, 0.1) is 6.10 Å². The first-order valence-electron chi connectivity index (χ1n) is 8.27. The second-order valence-electron chi connectivity index (χ2n) is 6.18. The van der Waals surface area contributed by atoms with Crippen LogP contribution in [-0.4, -0.2) is 15.6 Å². The largest absolute Gasteiger partial charge is 0.345 e. The Hall–Kier alpha value is -1.41. The van der Waals surface area contributed by atoms with Crippen LogP contribution in [0, 0.1) is 11.3 Å². The SMILES string of the molecule is N#C[C@]1(c2ccccc2)O[C@H](c2ccccc2)CC12SCCCS2. The lowest BCUT2D eigenvalue weighted by Crippen LogP contribution is -2.44. The van der Waals surface area contributed by atoms with Crippen molar-refractivity contribution in [3.05, 3.63) is 71.8 Å². The summed E-state index contributed by atoms with van der Waals surface area (Å²) in [5, 5.41) is 10.3. The van der Waals surface area contributed by atoms with Gasteiger partial charge in [-0.25, -0.2) is 0 Å². The first kappa shape index (κ1) is 16.1. The molecule has 2 aromatic rings. The van der Waals surface area contributed by atoms with Crippen LogP contribution in [0.1, 0.15) is 30.1 Å². The predicted molar refractivity (Wildman–Crippen MR) is 101 cm³/mol. The normalized spacial score (nSPS) is 28.5. The third kappa shape index (κ3) is 2.47. The standard InChI is InChI=1S/C20H19NOS2/c21-15-19(17-10-5-2-6-11-17)20(23-12-7-13-24-20)14-18(22-19)16-8-3-1-4-9-16/h1-6,8-11,18H,7,12-14H2/t18-,19+/m0/s1. The maximum absolute atomic E-state index is 10.3. The van der Waals surface area contributed by atoms with Gasteiger partial charge in [0.25, 0.3) is 0 Å². The lowest BCUT2D eigenvalue weighted by molar-refractivity contribution is -0.00789. The van der Waals surface area contributed by atoms with E-state index in [0.717, 1.165) is 29.1 Å². The molecule has 0 saturated carbocycles. The van der Waals surface area contributed by atoms with Gasteiger partial charge < -0.3 is 4.74 Å². The molecule has 0 unspecified atom stereocenters. The fraction of sp³-hybridized carbons (Fsp3) is 0.350. The number of ether oxygens (including phenoxy) is 1. The van der Waals surface area contributed by atoms with Crippen LogP contribution in [0.15, 0.2) is 60.7 Å². The molecule has 2 aliphatic heterocycles. The maximum Gasteiger partial charge on any atom is 0.204 e. The van der Waals surface area contributed by atoms with Crippen LogP contribution in [-0.2, 0) is 10.3 Å². The molecule has 0 amide bonds. The molecule has 2 fully saturated rings. The summed E-state index contributed by atoms with van der Waals surface area (Å²) in [5.41, 5.74) is 1.24. The van der Waals surface area contributed by atoms with Crippen LogP contribution in [0.25, 0.3) is 0 Å². The van der Waals surface area contributed by atoms with Crippen molar-refractivity contribution < 1.29 is 4.74 Å². The van der Waals surface area contributed by atoms with Crippen molar-refractivity contribution in [3.8, 4) is 6.07 Å². The van der Waals surface area contributed by atoms with Gasteiger partial charge in [0.1, 0.15) is 10.1 Å². The zero-order chi connectivity index (χ0) is 16.5. The zero-order valence-corrected chi connectivity index (χ0v) is 15.0. The number of hydrogen-bond acceptors (Lipinski definition) is 4. The average Bonchev–Trinajstić information content (AvgIpc) is 2.98. The Morgan fingerprint density at radius 1 is 0.958 bits per heavy atom. The molecule has 2 nitrogen and oxygen atoms in total. The van der Waals surface area contributed by atoms with E-state index in [2.05, 4.69) is 18.2 Å². The topological polar surface area (TPSA) is 33.0 Å². The van der Waals surface area contributed by atoms with Crippen LogP contribution in [0.4, 0.5) is 0 Å². The average molecular weight is 354 g/mol. The summed E-state index contributed by atoms with van der Waals surface area (Å²) in [7, 11) is 0. The van der Waals surface area contributed by atoms with Crippen LogP contribution < -0.4 is 0 Å². The van der Waals surface area contributed by atoms with E-state index < -0.39 is 5.60 Å². The van der Waals surface area contributed by atoms with Gasteiger partial charge in [-0.05, 0) is 23.5 Å². The first-order valence-corrected chi connectivity index (χ1v) is 10.2. The smallest absolute Gasteiger partial charge is 0.204 e. The van der Waals surface area contributed by atoms with Crippen molar-refractivity contribution in [2.45, 2.75) is 28.6 Å². The quantitative estimate of drug-likeness (QED) is 0.749. The van der Waals surface area contributed by atoms with E-state index in [1.54, 1.807) is 0 Å². The van der Waals surface area contributed by atoms with Gasteiger partial charge >= 0.3 is 0 Å². The monoisotopic (exact) mass is 353 g/mol. The highest BCUT2D eigenvalue weighted by Crippen LogP contribution is 2.64. The molecule has 0 aromatic heterocycles. The van der Waals surface area contributed by atoms with Crippen molar-refractivity contribution in [2.24, 2.45) is 0 Å². The first-order chi connectivity index (χ1) is 11.8. The second kappa shape index (κ2) is 6.48. The van der Waals surface area contributed by atoms with Crippen LogP contribution in [0.5, 0.6) is 0 Å². The summed E-state index contributed by atoms with van der Waals surface area (Å²) in [6.07, 6.45) is 2.03. The molecule has 122 valence electrons. The van der Waals surface area contributed by atoms with E-state index in [9.17, 15) is 5.26 Å². The summed E-state index contributed by atoms with van der Waals surface area (Å²) < 4.78 is 6.33. The summed E-state index contributed by atoms with van der Waals surface area (Å²) >= 11 is 3.83. The minimum absolute atomic E-state index is 0.0378. The summed E-state index contributed by atoms with van der Waals surface area (Å²) in [5.74, 6) is 2.18. The van der Waals surface area contributed by atoms with E-state index >= 15 is 0 Å². The summed E-state index contributed by atoms with van der Waals surface area (Å²) in [6.45, 7) is 0. The molecule has 2 heterocycles. The molecular formula is C20H19NOS2. The Bertz CT molecular complexity index is 737. The zero-order valence-electron chi connectivity index (χ0n) is 13.4. The second-order valence-corrected chi connectivity index (χ2v) is 9.23. The third-order valence-electron chi connectivity index (χ3n) is 4.78. The molecular weight excluding hydrogens is 334 g/mol. The summed E-state index contributed by atoms with van der Waals surface area (Å²) in [6, 6.07) is 23.0. The molecule has 2 aliphatic rings. The third-order valence-corrected chi connectivity index (χ3v) is 8.31. The fourth-order valence-electron chi connectivity index (χ4n) is 3.62. The van der Waals surface area contributed by atoms with E-state index in [4.69, 9.17) is 4.74 Å². The van der Waals surface area contributed by atoms with E-state index in [1.807, 2.05) is 72.1 Å². The number of benzene rings is 2. The summed E-state index contributed by atoms with van der Waals surface area (Å²) in [4.78, 5) is 0. The highest BCUT2D eigenvalue weighted by molar-refractivity contribution is 8.18. The maximum atomic E-state index is 10.3. The minimum atomic E-state index is -0.898. The van der Waals surface area contributed by atoms with Gasteiger partial charge in [0, 0.05) is 12.0 Å². The Kier molecular flexibility index (Phi) is 4.34. The van der Waals surface area contributed by atoms with Gasteiger partial charge in [0.15, 0.2) is 0 Å². The lowest BCUT2D eigenvalue weighted by atomic mass is 9.90. The predicted octanol–water partition coefficient (Wildman–Crippen LogP) is 5.13. The van der Waals surface area contributed by atoms with Crippen molar-refractivity contribution in [3.63, 3.8) is 0 Å². The minimum Gasteiger partial charge on any atom is -0.345 e. The van der Waals surface area contributed by atoms with Crippen molar-refractivity contribution >= 4 is 23.5 Å². The van der Waals surface area contributed by atoms with Gasteiger partial charge in [-0.2, -0.15) is 5.26 Å². The molecule has 0 bridgehead atoms. The highest BCUT2D eigenvalue weighted by Gasteiger charge is 2.63. The highest BCUT2D eigenvalue weighted by atomic mass is 32.2. The van der Waals surface area contributed by atoms with Gasteiger partial charge in [-0.15, -0.1) is 23.5 Å². The van der Waals surface area contributed by atoms with Crippen LogP contribution in [0.3, 0.4) is 0 Å². The van der Waals surface area contributed by atoms with Gasteiger partial charge in [0.2, 0.25) is 5.60 Å². The molecule has 2 atom stereocenters. The molecule has 24 heavy (non-hydrogen) atoms. The number of rotatable bonds is 2. The molecule has 0 N–H and O–H groups in total. The van der Waals surface area contributed by atoms with E-state index in [0.29, 0.717) is 0 Å². The Morgan fingerprint density at radius 2 is 1.58 bits per heavy atom. The van der Waals surface area contributed by atoms with Crippen molar-refractivity contribution in [2.75, 3.05) is 11.5 Å². The Morgan fingerprint density at radius 3 is 2.21 bits per heavy atom. The Balaban J connectivity index is 1.82. The molecule has 4 heteroatoms. The number of hydrogen-bond donors (Lipinski definition) is 0. The van der Waals surface area contributed by atoms with Gasteiger partial charge in [-0.3, -0.25) is 0 Å². The van der Waals surface area contributed by atoms with Crippen molar-refractivity contribution in [1.29, 1.82) is 5.26 Å². The van der Waals surface area contributed by atoms with Crippen LogP contribution in [0.2, 0.25) is 0 Å². The number of nitrogens with zero attached hydrogens (tertiary/aromatic N) is 1. The van der Waals surface area contributed by atoms with E-state index in [-0.39, 0.29) is 10.2 Å². The Labute approximate surface area is 151 Å². The van der Waals surface area contributed by atoms with Crippen molar-refractivity contribution in [1.82, 2.24) is 0 Å². The van der Waals surface area contributed by atoms with Gasteiger partial charge in [-0.1, -0.05) is 60.7 Å². The molecule has 1 spiro atoms. The number of nitriles is 1. The molecule has 2 saturated heterocycles. The molecule has 4 rings (SSSR count). The lowest BCUT2D eigenvalue weighted by Gasteiger charge is -2.41. The fourth-order valence-corrected chi connectivity index (χ4v) is 7.24. The molecule has 2 aromatic carbocycles.